The van der Waals surface area contributed by atoms with Crippen molar-refractivity contribution >= 4 is 52.0 Å². The highest BCUT2D eigenvalue weighted by atomic mass is 35.5. The molecule has 1 N–H and O–H groups in total. The Morgan fingerprint density at radius 3 is 2.53 bits per heavy atom. The maximum atomic E-state index is 12.8. The Hall–Kier alpha value is -0.750. The Balaban J connectivity index is 2.08. The number of rotatable bonds is 4. The maximum absolute atomic E-state index is 12.8. The first-order valence-corrected chi connectivity index (χ1v) is 7.70. The van der Waals surface area contributed by atoms with E-state index in [1.807, 2.05) is 0 Å². The fraction of sp³-hybridized carbons (Fsp3) is 0.0833. The molecule has 2 aromatic rings. The first kappa shape index (κ1) is 14.7. The van der Waals surface area contributed by atoms with Gasteiger partial charge in [0.05, 0.1) is 10.0 Å². The van der Waals surface area contributed by atoms with Gasteiger partial charge in [-0.2, -0.15) is 0 Å². The lowest BCUT2D eigenvalue weighted by Gasteiger charge is -2.03. The van der Waals surface area contributed by atoms with Crippen molar-refractivity contribution in [1.82, 2.24) is 0 Å². The lowest BCUT2D eigenvalue weighted by atomic mass is 10.2. The molecule has 0 aliphatic rings. The maximum Gasteiger partial charge on any atom is 0.123 e. The van der Waals surface area contributed by atoms with E-state index in [2.05, 4.69) is 5.16 Å². The highest BCUT2D eigenvalue weighted by Gasteiger charge is 2.13. The zero-order valence-corrected chi connectivity index (χ0v) is 12.6. The van der Waals surface area contributed by atoms with Gasteiger partial charge < -0.3 is 5.21 Å². The Morgan fingerprint density at radius 2 is 2.00 bits per heavy atom. The molecule has 0 bridgehead atoms. The van der Waals surface area contributed by atoms with Crippen LogP contribution in [-0.4, -0.2) is 16.7 Å². The van der Waals surface area contributed by atoms with Crippen molar-refractivity contribution in [3.05, 3.63) is 50.4 Å². The van der Waals surface area contributed by atoms with E-state index >= 15 is 0 Å². The van der Waals surface area contributed by atoms with Gasteiger partial charge in [0.25, 0.3) is 0 Å². The number of oxime groups is 1. The number of thioether (sulfide) groups is 1. The van der Waals surface area contributed by atoms with E-state index in [0.29, 0.717) is 25.7 Å². The first-order chi connectivity index (χ1) is 9.10. The third kappa shape index (κ3) is 3.86. The van der Waals surface area contributed by atoms with Crippen molar-refractivity contribution in [2.75, 3.05) is 5.75 Å². The third-order valence-corrected chi connectivity index (χ3v) is 4.79. The van der Waals surface area contributed by atoms with Crippen LogP contribution in [0.25, 0.3) is 0 Å². The minimum atomic E-state index is -0.284. The van der Waals surface area contributed by atoms with Crippen LogP contribution in [0.2, 0.25) is 8.67 Å². The molecule has 1 aromatic carbocycles. The van der Waals surface area contributed by atoms with Crippen LogP contribution in [0, 0.1) is 5.82 Å². The predicted molar refractivity (Wildman–Crippen MR) is 79.8 cm³/mol. The van der Waals surface area contributed by atoms with E-state index in [9.17, 15) is 4.39 Å². The fourth-order valence-electron chi connectivity index (χ4n) is 1.38. The number of hydrogen-bond acceptors (Lipinski definition) is 4. The van der Waals surface area contributed by atoms with E-state index in [4.69, 9.17) is 28.4 Å². The third-order valence-electron chi connectivity index (χ3n) is 2.28. The van der Waals surface area contributed by atoms with Crippen LogP contribution in [0.1, 0.15) is 5.56 Å². The number of hydrogen-bond donors (Lipinski definition) is 1. The predicted octanol–water partition coefficient (Wildman–Crippen LogP) is 5.16. The van der Waals surface area contributed by atoms with Gasteiger partial charge in [0.15, 0.2) is 0 Å². The monoisotopic (exact) mass is 335 g/mol. The van der Waals surface area contributed by atoms with Crippen molar-refractivity contribution in [2.24, 2.45) is 5.16 Å². The van der Waals surface area contributed by atoms with E-state index in [1.165, 1.54) is 35.2 Å². The van der Waals surface area contributed by atoms with Crippen LogP contribution in [0.5, 0.6) is 0 Å². The molecule has 0 aliphatic heterocycles. The summed E-state index contributed by atoms with van der Waals surface area (Å²) in [6.07, 6.45) is 0. The summed E-state index contributed by atoms with van der Waals surface area (Å²) in [5.41, 5.74) is 1.05. The molecule has 1 aromatic heterocycles. The summed E-state index contributed by atoms with van der Waals surface area (Å²) in [5, 5.41) is 12.3. The number of nitrogens with zero attached hydrogens (tertiary/aromatic N) is 1. The number of halogens is 3. The van der Waals surface area contributed by atoms with E-state index in [1.54, 1.807) is 18.2 Å². The molecule has 0 amide bonds. The molecule has 0 radical (unpaired) electrons. The van der Waals surface area contributed by atoms with Crippen molar-refractivity contribution in [1.29, 1.82) is 0 Å². The smallest absolute Gasteiger partial charge is 0.123 e. The zero-order chi connectivity index (χ0) is 13.8. The molecular weight excluding hydrogens is 328 g/mol. The van der Waals surface area contributed by atoms with Gasteiger partial charge in [0, 0.05) is 16.2 Å². The first-order valence-electron chi connectivity index (χ1n) is 5.14. The largest absolute Gasteiger partial charge is 0.411 e. The molecule has 0 atom stereocenters. The minimum Gasteiger partial charge on any atom is -0.411 e. The molecule has 2 rings (SSSR count). The van der Waals surface area contributed by atoms with Crippen molar-refractivity contribution in [3.8, 4) is 0 Å². The molecular formula is C12H8Cl2FNOS2. The van der Waals surface area contributed by atoms with Gasteiger partial charge in [0.1, 0.15) is 10.2 Å². The van der Waals surface area contributed by atoms with E-state index in [-0.39, 0.29) is 5.82 Å². The molecule has 0 saturated heterocycles. The minimum absolute atomic E-state index is 0.284. The van der Waals surface area contributed by atoms with Crippen molar-refractivity contribution in [3.63, 3.8) is 0 Å². The molecule has 1 heterocycles. The highest BCUT2D eigenvalue weighted by Crippen LogP contribution is 2.32. The van der Waals surface area contributed by atoms with Gasteiger partial charge in [-0.3, -0.25) is 0 Å². The van der Waals surface area contributed by atoms with Gasteiger partial charge in [-0.05, 0) is 30.3 Å². The zero-order valence-electron chi connectivity index (χ0n) is 9.44. The lowest BCUT2D eigenvalue weighted by Crippen LogP contribution is -2.03. The summed E-state index contributed by atoms with van der Waals surface area (Å²) >= 11 is 14.5. The van der Waals surface area contributed by atoms with E-state index < -0.39 is 0 Å². The second kappa shape index (κ2) is 6.61. The van der Waals surface area contributed by atoms with Crippen LogP contribution in [0.15, 0.2) is 40.4 Å². The molecule has 0 saturated carbocycles. The quantitative estimate of drug-likeness (QED) is 0.362. The number of benzene rings is 1. The van der Waals surface area contributed by atoms with Gasteiger partial charge >= 0.3 is 0 Å². The van der Waals surface area contributed by atoms with Gasteiger partial charge in [-0.15, -0.1) is 23.1 Å². The standard InChI is InChI=1S/C12H8Cl2FNOS2/c13-11-5-9(12(14)19-11)10(16-17)6-18-8-3-1-7(15)2-4-8/h1-5,17H,6H2/b16-10+. The summed E-state index contributed by atoms with van der Waals surface area (Å²) in [7, 11) is 0. The Labute approximate surface area is 127 Å². The summed E-state index contributed by atoms with van der Waals surface area (Å²) in [4.78, 5) is 0.875. The molecule has 7 heteroatoms. The molecule has 2 nitrogen and oxygen atoms in total. The lowest BCUT2D eigenvalue weighted by molar-refractivity contribution is 0.319. The Kier molecular flexibility index (Phi) is 5.10. The average Bonchev–Trinajstić information content (AvgIpc) is 2.72. The van der Waals surface area contributed by atoms with Crippen LogP contribution in [-0.2, 0) is 0 Å². The second-order valence-electron chi connectivity index (χ2n) is 3.53. The van der Waals surface area contributed by atoms with Crippen molar-refractivity contribution in [2.45, 2.75) is 4.90 Å². The summed E-state index contributed by atoms with van der Waals surface area (Å²) < 4.78 is 13.8. The molecule has 100 valence electrons. The molecule has 0 aliphatic carbocycles. The average molecular weight is 336 g/mol. The summed E-state index contributed by atoms with van der Waals surface area (Å²) in [6, 6.07) is 7.75. The fourth-order valence-corrected chi connectivity index (χ4v) is 3.73. The van der Waals surface area contributed by atoms with Crippen LogP contribution in [0.4, 0.5) is 4.39 Å². The van der Waals surface area contributed by atoms with Crippen molar-refractivity contribution < 1.29 is 9.60 Å². The number of thiophene rings is 1. The van der Waals surface area contributed by atoms with Gasteiger partial charge in [-0.1, -0.05) is 28.4 Å². The van der Waals surface area contributed by atoms with E-state index in [0.717, 1.165) is 4.90 Å². The van der Waals surface area contributed by atoms with Crippen LogP contribution in [0.3, 0.4) is 0 Å². The van der Waals surface area contributed by atoms with Gasteiger partial charge in [-0.25, -0.2) is 4.39 Å². The summed E-state index contributed by atoms with van der Waals surface area (Å²) in [5.74, 6) is 0.127. The normalized spacial score (nSPS) is 11.8. The molecule has 19 heavy (non-hydrogen) atoms. The Bertz CT molecular complexity index is 598. The van der Waals surface area contributed by atoms with Gasteiger partial charge in [0.2, 0.25) is 0 Å². The summed E-state index contributed by atoms with van der Waals surface area (Å²) in [6.45, 7) is 0. The highest BCUT2D eigenvalue weighted by molar-refractivity contribution is 8.00. The second-order valence-corrected chi connectivity index (χ2v) is 6.86. The Morgan fingerprint density at radius 1 is 1.32 bits per heavy atom. The van der Waals surface area contributed by atoms with Crippen LogP contribution < -0.4 is 0 Å². The SMILES string of the molecule is O/N=C(\CSc1ccc(F)cc1)c1cc(Cl)sc1Cl. The van der Waals surface area contributed by atoms with Crippen LogP contribution >= 0.6 is 46.3 Å². The molecule has 0 fully saturated rings. The topological polar surface area (TPSA) is 32.6 Å². The molecule has 0 unspecified atom stereocenters. The molecule has 0 spiro atoms.